The van der Waals surface area contributed by atoms with Crippen molar-refractivity contribution < 1.29 is 4.79 Å². The average molecular weight is 264 g/mol. The molecular weight excluding hydrogens is 244 g/mol. The molecule has 0 saturated carbocycles. The molecule has 1 amide bonds. The van der Waals surface area contributed by atoms with E-state index in [1.54, 1.807) is 7.05 Å². The average Bonchev–Trinajstić information content (AvgIpc) is 2.43. The van der Waals surface area contributed by atoms with Crippen LogP contribution in [0.2, 0.25) is 0 Å². The highest BCUT2D eigenvalue weighted by Gasteiger charge is 2.13. The summed E-state index contributed by atoms with van der Waals surface area (Å²) < 4.78 is 0. The highest BCUT2D eigenvalue weighted by Crippen LogP contribution is 2.18. The van der Waals surface area contributed by atoms with Crippen molar-refractivity contribution in [2.45, 2.75) is 26.7 Å². The summed E-state index contributed by atoms with van der Waals surface area (Å²) in [6.07, 6.45) is 1.81. The Morgan fingerprint density at radius 2 is 2.00 bits per heavy atom. The molecule has 0 aliphatic rings. The molecule has 0 aliphatic heterocycles. The normalized spacial score (nSPS) is 9.94. The van der Waals surface area contributed by atoms with Crippen LogP contribution < -0.4 is 10.6 Å². The SMILES string of the molecule is CCCNc1ccc(C(=S)CC)c(C(=O)NC)c1. The molecule has 1 aromatic rings. The van der Waals surface area contributed by atoms with Crippen LogP contribution in [0.5, 0.6) is 0 Å². The van der Waals surface area contributed by atoms with Gasteiger partial charge in [0.05, 0.1) is 0 Å². The number of hydrogen-bond acceptors (Lipinski definition) is 3. The fourth-order valence-electron chi connectivity index (χ4n) is 1.68. The number of nitrogens with one attached hydrogen (secondary N) is 2. The van der Waals surface area contributed by atoms with Crippen LogP contribution in [0.25, 0.3) is 0 Å². The van der Waals surface area contributed by atoms with Crippen molar-refractivity contribution in [1.82, 2.24) is 5.32 Å². The van der Waals surface area contributed by atoms with E-state index in [2.05, 4.69) is 17.6 Å². The molecule has 0 heterocycles. The summed E-state index contributed by atoms with van der Waals surface area (Å²) in [5.74, 6) is -0.0963. The van der Waals surface area contributed by atoms with Crippen molar-refractivity contribution in [1.29, 1.82) is 0 Å². The Hall–Kier alpha value is -1.42. The summed E-state index contributed by atoms with van der Waals surface area (Å²) in [5, 5.41) is 5.93. The summed E-state index contributed by atoms with van der Waals surface area (Å²) in [6, 6.07) is 5.76. The molecule has 18 heavy (non-hydrogen) atoms. The summed E-state index contributed by atoms with van der Waals surface area (Å²) in [5.41, 5.74) is 2.46. The standard InChI is InChI=1S/C14H20N2OS/c1-4-8-16-10-6-7-11(13(18)5-2)12(9-10)14(17)15-3/h6-7,9,16H,4-5,8H2,1-3H3,(H,15,17). The van der Waals surface area contributed by atoms with Gasteiger partial charge in [0.25, 0.3) is 5.91 Å². The molecule has 0 aromatic heterocycles. The fraction of sp³-hybridized carbons (Fsp3) is 0.429. The van der Waals surface area contributed by atoms with E-state index in [9.17, 15) is 4.79 Å². The number of hydrogen-bond donors (Lipinski definition) is 2. The van der Waals surface area contributed by atoms with E-state index in [4.69, 9.17) is 12.2 Å². The minimum Gasteiger partial charge on any atom is -0.385 e. The van der Waals surface area contributed by atoms with Gasteiger partial charge in [-0.1, -0.05) is 32.1 Å². The number of amides is 1. The van der Waals surface area contributed by atoms with Crippen LogP contribution in [0.3, 0.4) is 0 Å². The highest BCUT2D eigenvalue weighted by molar-refractivity contribution is 7.80. The highest BCUT2D eigenvalue weighted by atomic mass is 32.1. The van der Waals surface area contributed by atoms with Crippen LogP contribution in [-0.2, 0) is 0 Å². The summed E-state index contributed by atoms with van der Waals surface area (Å²) in [4.78, 5) is 12.7. The van der Waals surface area contributed by atoms with Crippen LogP contribution >= 0.6 is 12.2 Å². The Balaban J connectivity index is 3.12. The lowest BCUT2D eigenvalue weighted by atomic mass is 10.0. The second kappa shape index (κ2) is 7.11. The first-order valence-corrected chi connectivity index (χ1v) is 6.68. The molecule has 0 aliphatic carbocycles. The van der Waals surface area contributed by atoms with Crippen molar-refractivity contribution in [3.05, 3.63) is 29.3 Å². The molecule has 0 radical (unpaired) electrons. The first kappa shape index (κ1) is 14.6. The Morgan fingerprint density at radius 3 is 2.56 bits per heavy atom. The van der Waals surface area contributed by atoms with Gasteiger partial charge in [-0.25, -0.2) is 0 Å². The van der Waals surface area contributed by atoms with Crippen molar-refractivity contribution in [2.24, 2.45) is 0 Å². The second-order valence-corrected chi connectivity index (χ2v) is 4.54. The zero-order valence-corrected chi connectivity index (χ0v) is 12.0. The van der Waals surface area contributed by atoms with Gasteiger partial charge in [0, 0.05) is 35.3 Å². The molecule has 0 spiro atoms. The van der Waals surface area contributed by atoms with Crippen LogP contribution in [0.15, 0.2) is 18.2 Å². The Labute approximate surface area is 114 Å². The Morgan fingerprint density at radius 1 is 1.28 bits per heavy atom. The smallest absolute Gasteiger partial charge is 0.251 e. The molecule has 4 heteroatoms. The van der Waals surface area contributed by atoms with E-state index < -0.39 is 0 Å². The quantitative estimate of drug-likeness (QED) is 0.613. The van der Waals surface area contributed by atoms with Gasteiger partial charge in [-0.15, -0.1) is 0 Å². The van der Waals surface area contributed by atoms with Gasteiger partial charge in [0.2, 0.25) is 0 Å². The summed E-state index contributed by atoms with van der Waals surface area (Å²) >= 11 is 5.31. The summed E-state index contributed by atoms with van der Waals surface area (Å²) in [6.45, 7) is 5.00. The van der Waals surface area contributed by atoms with E-state index in [-0.39, 0.29) is 5.91 Å². The molecule has 1 rings (SSSR count). The Bertz CT molecular complexity index is 443. The molecule has 1 aromatic carbocycles. The van der Waals surface area contributed by atoms with Crippen molar-refractivity contribution >= 4 is 28.7 Å². The second-order valence-electron chi connectivity index (χ2n) is 4.04. The van der Waals surface area contributed by atoms with Gasteiger partial charge in [0.15, 0.2) is 0 Å². The van der Waals surface area contributed by atoms with Gasteiger partial charge in [-0.05, 0) is 25.0 Å². The molecular formula is C14H20N2OS. The van der Waals surface area contributed by atoms with E-state index in [0.29, 0.717) is 5.56 Å². The molecule has 0 unspecified atom stereocenters. The van der Waals surface area contributed by atoms with Crippen molar-refractivity contribution in [2.75, 3.05) is 18.9 Å². The molecule has 0 atom stereocenters. The molecule has 98 valence electrons. The lowest BCUT2D eigenvalue weighted by Crippen LogP contribution is -2.21. The van der Waals surface area contributed by atoms with Crippen LogP contribution in [0.1, 0.15) is 42.6 Å². The number of anilines is 1. The van der Waals surface area contributed by atoms with Gasteiger partial charge >= 0.3 is 0 Å². The van der Waals surface area contributed by atoms with Crippen LogP contribution in [-0.4, -0.2) is 24.4 Å². The number of carbonyl (C=O) groups excluding carboxylic acids is 1. The van der Waals surface area contributed by atoms with Crippen LogP contribution in [0, 0.1) is 0 Å². The monoisotopic (exact) mass is 264 g/mol. The van der Waals surface area contributed by atoms with E-state index in [1.165, 1.54) is 0 Å². The third kappa shape index (κ3) is 3.53. The lowest BCUT2D eigenvalue weighted by molar-refractivity contribution is 0.0963. The lowest BCUT2D eigenvalue weighted by Gasteiger charge is -2.12. The van der Waals surface area contributed by atoms with E-state index in [1.807, 2.05) is 25.1 Å². The number of rotatable bonds is 6. The number of benzene rings is 1. The number of carbonyl (C=O) groups is 1. The first-order valence-electron chi connectivity index (χ1n) is 6.27. The Kier molecular flexibility index (Phi) is 5.78. The van der Waals surface area contributed by atoms with E-state index in [0.717, 1.165) is 35.5 Å². The summed E-state index contributed by atoms with van der Waals surface area (Å²) in [7, 11) is 1.63. The molecule has 0 saturated heterocycles. The van der Waals surface area contributed by atoms with Crippen molar-refractivity contribution in [3.8, 4) is 0 Å². The third-order valence-electron chi connectivity index (χ3n) is 2.69. The zero-order valence-electron chi connectivity index (χ0n) is 11.2. The number of thiocarbonyl (C=S) groups is 1. The zero-order chi connectivity index (χ0) is 13.5. The fourth-order valence-corrected chi connectivity index (χ4v) is 1.86. The van der Waals surface area contributed by atoms with Crippen LogP contribution in [0.4, 0.5) is 5.69 Å². The first-order chi connectivity index (χ1) is 8.63. The maximum Gasteiger partial charge on any atom is 0.251 e. The predicted molar refractivity (Wildman–Crippen MR) is 80.6 cm³/mol. The molecule has 2 N–H and O–H groups in total. The minimum absolute atomic E-state index is 0.0963. The molecule has 3 nitrogen and oxygen atoms in total. The topological polar surface area (TPSA) is 41.1 Å². The molecule has 0 bridgehead atoms. The minimum atomic E-state index is -0.0963. The molecule has 0 fully saturated rings. The van der Waals surface area contributed by atoms with Gasteiger partial charge in [-0.3, -0.25) is 4.79 Å². The van der Waals surface area contributed by atoms with Gasteiger partial charge in [0.1, 0.15) is 0 Å². The third-order valence-corrected chi connectivity index (χ3v) is 3.20. The van der Waals surface area contributed by atoms with E-state index >= 15 is 0 Å². The maximum absolute atomic E-state index is 11.9. The predicted octanol–water partition coefficient (Wildman–Crippen LogP) is 3.00. The van der Waals surface area contributed by atoms with Gasteiger partial charge in [-0.2, -0.15) is 0 Å². The largest absolute Gasteiger partial charge is 0.385 e. The van der Waals surface area contributed by atoms with Crippen molar-refractivity contribution in [3.63, 3.8) is 0 Å². The maximum atomic E-state index is 11.9. The van der Waals surface area contributed by atoms with Gasteiger partial charge < -0.3 is 10.6 Å².